The van der Waals surface area contributed by atoms with E-state index in [2.05, 4.69) is 9.98 Å². The molecule has 24 heavy (non-hydrogen) atoms. The van der Waals surface area contributed by atoms with Crippen LogP contribution in [-0.4, -0.2) is 22.6 Å². The average Bonchev–Trinajstić information content (AvgIpc) is 2.60. The Balaban J connectivity index is 2.34. The maximum absolute atomic E-state index is 9.66. The fraction of sp³-hybridized carbons (Fsp3) is 0. The number of benzene rings is 2. The molecular formula is C18H12N4O2. The second-order valence-electron chi connectivity index (χ2n) is 4.55. The number of nitriles is 2. The van der Waals surface area contributed by atoms with E-state index < -0.39 is 0 Å². The minimum Gasteiger partial charge on any atom is -0.507 e. The maximum Gasteiger partial charge on any atom is 0.176 e. The van der Waals surface area contributed by atoms with Crippen LogP contribution in [0.15, 0.2) is 69.9 Å². The lowest BCUT2D eigenvalue weighted by Gasteiger charge is -1.98. The molecule has 0 atom stereocenters. The minimum absolute atomic E-state index is 0.00903. The zero-order chi connectivity index (χ0) is 17.4. The number of allylic oxidation sites excluding steroid dienone is 2. The molecular weight excluding hydrogens is 304 g/mol. The van der Waals surface area contributed by atoms with Crippen molar-refractivity contribution in [3.63, 3.8) is 0 Å². The van der Waals surface area contributed by atoms with Crippen LogP contribution < -0.4 is 0 Å². The van der Waals surface area contributed by atoms with E-state index in [9.17, 15) is 10.2 Å². The first-order chi connectivity index (χ1) is 11.7. The van der Waals surface area contributed by atoms with Crippen LogP contribution in [0.3, 0.4) is 0 Å². The molecule has 0 saturated heterocycles. The van der Waals surface area contributed by atoms with Gasteiger partial charge in [-0.25, -0.2) is 9.98 Å². The van der Waals surface area contributed by atoms with Crippen LogP contribution >= 0.6 is 0 Å². The number of aromatic hydroxyl groups is 2. The first-order valence-corrected chi connectivity index (χ1v) is 6.84. The van der Waals surface area contributed by atoms with Crippen molar-refractivity contribution < 1.29 is 10.2 Å². The van der Waals surface area contributed by atoms with Crippen molar-refractivity contribution in [2.75, 3.05) is 0 Å². The van der Waals surface area contributed by atoms with Crippen LogP contribution in [0.5, 0.6) is 11.5 Å². The van der Waals surface area contributed by atoms with Crippen LogP contribution in [0.4, 0.5) is 0 Å². The standard InChI is InChI=1S/C18H12N4O2/c19-9-15(21-11-13-5-1-3-7-17(13)23)16(10-20)22-12-14-6-2-4-8-18(14)24/h1-8,11-12,23-24H. The Bertz CT molecular complexity index is 840. The Labute approximate surface area is 138 Å². The quantitative estimate of drug-likeness (QED) is 0.667. The van der Waals surface area contributed by atoms with E-state index in [4.69, 9.17) is 10.5 Å². The summed E-state index contributed by atoms with van der Waals surface area (Å²) < 4.78 is 0. The van der Waals surface area contributed by atoms with Crippen molar-refractivity contribution in [3.05, 3.63) is 71.1 Å². The van der Waals surface area contributed by atoms with Gasteiger partial charge in [-0.1, -0.05) is 24.3 Å². The summed E-state index contributed by atoms with van der Waals surface area (Å²) in [6, 6.07) is 16.5. The molecule has 0 fully saturated rings. The van der Waals surface area contributed by atoms with Gasteiger partial charge in [0.25, 0.3) is 0 Å². The Morgan fingerprint density at radius 1 is 0.750 bits per heavy atom. The highest BCUT2D eigenvalue weighted by atomic mass is 16.3. The molecule has 6 heteroatoms. The maximum atomic E-state index is 9.66. The Morgan fingerprint density at radius 2 is 1.12 bits per heavy atom. The van der Waals surface area contributed by atoms with Crippen molar-refractivity contribution in [1.82, 2.24) is 0 Å². The summed E-state index contributed by atoms with van der Waals surface area (Å²) in [5.74, 6) is 0.0181. The van der Waals surface area contributed by atoms with Crippen molar-refractivity contribution in [2.24, 2.45) is 9.98 Å². The van der Waals surface area contributed by atoms with Gasteiger partial charge in [-0.15, -0.1) is 0 Å². The van der Waals surface area contributed by atoms with Gasteiger partial charge in [-0.05, 0) is 24.3 Å². The van der Waals surface area contributed by atoms with E-state index in [1.54, 1.807) is 48.5 Å². The third kappa shape index (κ3) is 4.06. The number of phenols is 2. The molecule has 0 aliphatic carbocycles. The highest BCUT2D eigenvalue weighted by molar-refractivity contribution is 5.85. The molecule has 0 aliphatic heterocycles. The monoisotopic (exact) mass is 316 g/mol. The van der Waals surface area contributed by atoms with Gasteiger partial charge in [0.1, 0.15) is 23.6 Å². The first-order valence-electron chi connectivity index (χ1n) is 6.84. The molecule has 2 N–H and O–H groups in total. The predicted octanol–water partition coefficient (Wildman–Crippen LogP) is 2.89. The van der Waals surface area contributed by atoms with Gasteiger partial charge >= 0.3 is 0 Å². The number of hydrogen-bond donors (Lipinski definition) is 2. The molecule has 0 saturated carbocycles. The molecule has 0 amide bonds. The Morgan fingerprint density at radius 3 is 1.46 bits per heavy atom. The Hall–Kier alpha value is -3.90. The lowest BCUT2D eigenvalue weighted by atomic mass is 10.2. The normalized spacial score (nSPS) is 11.9. The molecule has 0 radical (unpaired) electrons. The number of phenolic OH excluding ortho intramolecular Hbond substituents is 2. The average molecular weight is 316 g/mol. The fourth-order valence-corrected chi connectivity index (χ4v) is 1.75. The molecule has 6 nitrogen and oxygen atoms in total. The highest BCUT2D eigenvalue weighted by Gasteiger charge is 2.04. The SMILES string of the molecule is N#CC(N=Cc1ccccc1O)=C(C#N)N=Cc1ccccc1O. The number of rotatable bonds is 4. The zero-order valence-electron chi connectivity index (χ0n) is 12.5. The molecule has 2 aromatic carbocycles. The summed E-state index contributed by atoms with van der Waals surface area (Å²) in [7, 11) is 0. The third-order valence-corrected chi connectivity index (χ3v) is 2.98. The van der Waals surface area contributed by atoms with Crippen molar-refractivity contribution in [1.29, 1.82) is 10.5 Å². The second kappa shape index (κ2) is 7.92. The summed E-state index contributed by atoms with van der Waals surface area (Å²) in [6.07, 6.45) is 2.56. The lowest BCUT2D eigenvalue weighted by molar-refractivity contribution is 0.474. The Kier molecular flexibility index (Phi) is 5.44. The number of aliphatic imine (C=N–C) groups is 2. The number of hydrogen-bond acceptors (Lipinski definition) is 6. The van der Waals surface area contributed by atoms with Crippen molar-refractivity contribution in [3.8, 4) is 23.6 Å². The topological polar surface area (TPSA) is 113 Å². The van der Waals surface area contributed by atoms with E-state index in [1.165, 1.54) is 24.6 Å². The van der Waals surface area contributed by atoms with Gasteiger partial charge in [0.05, 0.1) is 0 Å². The summed E-state index contributed by atoms with van der Waals surface area (Å²) in [5.41, 5.74) is 0.416. The molecule has 2 rings (SSSR count). The van der Waals surface area contributed by atoms with Gasteiger partial charge in [-0.3, -0.25) is 0 Å². The van der Waals surface area contributed by atoms with Crippen LogP contribution in [0.25, 0.3) is 0 Å². The molecule has 0 heterocycles. The molecule has 0 bridgehead atoms. The van der Waals surface area contributed by atoms with Crippen LogP contribution in [0, 0.1) is 22.7 Å². The molecule has 2 aromatic rings. The van der Waals surface area contributed by atoms with Gasteiger partial charge in [0.15, 0.2) is 11.4 Å². The summed E-state index contributed by atoms with van der Waals surface area (Å²) in [5, 5.41) is 37.7. The van der Waals surface area contributed by atoms with Gasteiger partial charge in [0, 0.05) is 23.6 Å². The van der Waals surface area contributed by atoms with Gasteiger partial charge in [0.2, 0.25) is 0 Å². The lowest BCUT2D eigenvalue weighted by Crippen LogP contribution is -1.88. The highest BCUT2D eigenvalue weighted by Crippen LogP contribution is 2.16. The van der Waals surface area contributed by atoms with Crippen LogP contribution in [0.1, 0.15) is 11.1 Å². The largest absolute Gasteiger partial charge is 0.507 e. The van der Waals surface area contributed by atoms with Gasteiger partial charge < -0.3 is 10.2 Å². The smallest absolute Gasteiger partial charge is 0.176 e. The fourth-order valence-electron chi connectivity index (χ4n) is 1.75. The third-order valence-electron chi connectivity index (χ3n) is 2.98. The van der Waals surface area contributed by atoms with E-state index in [-0.39, 0.29) is 22.9 Å². The second-order valence-corrected chi connectivity index (χ2v) is 4.55. The van der Waals surface area contributed by atoms with E-state index in [1.807, 2.05) is 0 Å². The number of para-hydroxylation sites is 2. The van der Waals surface area contributed by atoms with E-state index in [0.29, 0.717) is 11.1 Å². The first kappa shape index (κ1) is 16.5. The zero-order valence-corrected chi connectivity index (χ0v) is 12.5. The minimum atomic E-state index is -0.201. The molecule has 0 spiro atoms. The van der Waals surface area contributed by atoms with Crippen molar-refractivity contribution in [2.45, 2.75) is 0 Å². The molecule has 0 unspecified atom stereocenters. The van der Waals surface area contributed by atoms with Gasteiger partial charge in [-0.2, -0.15) is 10.5 Å². The predicted molar refractivity (Wildman–Crippen MR) is 89.7 cm³/mol. The molecule has 116 valence electrons. The summed E-state index contributed by atoms with van der Waals surface area (Å²) in [4.78, 5) is 7.83. The number of nitrogens with zero attached hydrogens (tertiary/aromatic N) is 4. The molecule has 0 aliphatic rings. The van der Waals surface area contributed by atoms with Crippen LogP contribution in [-0.2, 0) is 0 Å². The summed E-state index contributed by atoms with van der Waals surface area (Å²) >= 11 is 0. The summed E-state index contributed by atoms with van der Waals surface area (Å²) in [6.45, 7) is 0. The van der Waals surface area contributed by atoms with E-state index in [0.717, 1.165) is 0 Å². The van der Waals surface area contributed by atoms with Crippen LogP contribution in [0.2, 0.25) is 0 Å². The van der Waals surface area contributed by atoms with Crippen molar-refractivity contribution >= 4 is 12.4 Å². The molecule has 0 aromatic heterocycles. The van der Waals surface area contributed by atoms with E-state index >= 15 is 0 Å².